The smallest absolute Gasteiger partial charge is 0.0594 e. The van der Waals surface area contributed by atoms with Crippen LogP contribution in [0.2, 0.25) is 0 Å². The van der Waals surface area contributed by atoms with Crippen molar-refractivity contribution in [2.45, 2.75) is 72.4 Å². The van der Waals surface area contributed by atoms with Crippen LogP contribution >= 0.6 is 0 Å². The zero-order valence-corrected chi connectivity index (χ0v) is 15.1. The van der Waals surface area contributed by atoms with E-state index in [1.165, 1.54) is 19.3 Å². The molecule has 0 atom stereocenters. The molecule has 0 aromatic carbocycles. The summed E-state index contributed by atoms with van der Waals surface area (Å²) in [6.45, 7) is 19.4. The average Bonchev–Trinajstić information content (AvgIpc) is 2.34. The Morgan fingerprint density at radius 2 is 1.57 bits per heavy atom. The largest absolute Gasteiger partial charge is 0.379 e. The second-order valence-corrected chi connectivity index (χ2v) is 9.40. The summed E-state index contributed by atoms with van der Waals surface area (Å²) in [6.07, 6.45) is 3.94. The number of nitrogens with zero attached hydrogens (tertiary/aromatic N) is 1. The lowest BCUT2D eigenvalue weighted by Crippen LogP contribution is -2.57. The van der Waals surface area contributed by atoms with Gasteiger partial charge in [-0.05, 0) is 43.9 Å². The summed E-state index contributed by atoms with van der Waals surface area (Å²) in [6, 6.07) is 0.657. The molecule has 0 radical (unpaired) electrons. The van der Waals surface area contributed by atoms with Crippen molar-refractivity contribution in [3.63, 3.8) is 0 Å². The molecule has 1 saturated carbocycles. The monoisotopic (exact) mass is 296 g/mol. The lowest BCUT2D eigenvalue weighted by Gasteiger charge is -2.47. The van der Waals surface area contributed by atoms with Gasteiger partial charge in [-0.15, -0.1) is 0 Å². The van der Waals surface area contributed by atoms with Gasteiger partial charge in [0.15, 0.2) is 0 Å². The molecule has 2 rings (SSSR count). The highest BCUT2D eigenvalue weighted by Crippen LogP contribution is 2.45. The maximum atomic E-state index is 5.48. The quantitative estimate of drug-likeness (QED) is 0.861. The topological polar surface area (TPSA) is 24.5 Å². The van der Waals surface area contributed by atoms with Crippen LogP contribution in [-0.4, -0.2) is 49.3 Å². The summed E-state index contributed by atoms with van der Waals surface area (Å²) < 4.78 is 5.48. The Labute approximate surface area is 131 Å². The average molecular weight is 296 g/mol. The Kier molecular flexibility index (Phi) is 5.07. The van der Waals surface area contributed by atoms with E-state index in [-0.39, 0.29) is 5.54 Å². The maximum absolute atomic E-state index is 5.48. The molecule has 1 aliphatic heterocycles. The highest BCUT2D eigenvalue weighted by Gasteiger charge is 2.39. The third kappa shape index (κ3) is 4.94. The third-order valence-electron chi connectivity index (χ3n) is 5.25. The van der Waals surface area contributed by atoms with Crippen LogP contribution in [0.25, 0.3) is 0 Å². The minimum atomic E-state index is 0.218. The maximum Gasteiger partial charge on any atom is 0.0594 e. The number of rotatable bonds is 4. The Bertz CT molecular complexity index is 327. The molecule has 2 aliphatic rings. The van der Waals surface area contributed by atoms with Gasteiger partial charge in [0.2, 0.25) is 0 Å². The normalized spacial score (nSPS) is 27.7. The highest BCUT2D eigenvalue weighted by molar-refractivity contribution is 4.94. The summed E-state index contributed by atoms with van der Waals surface area (Å²) in [5, 5.41) is 3.89. The van der Waals surface area contributed by atoms with Crippen LogP contribution in [-0.2, 0) is 4.74 Å². The first-order valence-electron chi connectivity index (χ1n) is 8.66. The fraction of sp³-hybridized carbons (Fsp3) is 1.00. The van der Waals surface area contributed by atoms with Gasteiger partial charge in [0.1, 0.15) is 0 Å². The van der Waals surface area contributed by atoms with E-state index < -0.39 is 0 Å². The number of ether oxygens (including phenoxy) is 1. The number of hydrogen-bond acceptors (Lipinski definition) is 3. The van der Waals surface area contributed by atoms with Gasteiger partial charge in [0, 0.05) is 31.2 Å². The molecular weight excluding hydrogens is 260 g/mol. The van der Waals surface area contributed by atoms with Crippen molar-refractivity contribution in [1.29, 1.82) is 0 Å². The van der Waals surface area contributed by atoms with E-state index in [1.54, 1.807) is 0 Å². The van der Waals surface area contributed by atoms with Gasteiger partial charge in [-0.2, -0.15) is 0 Å². The van der Waals surface area contributed by atoms with Gasteiger partial charge in [-0.3, -0.25) is 4.90 Å². The van der Waals surface area contributed by atoms with Crippen molar-refractivity contribution < 1.29 is 4.74 Å². The molecule has 0 unspecified atom stereocenters. The van der Waals surface area contributed by atoms with Crippen LogP contribution in [0.1, 0.15) is 60.8 Å². The van der Waals surface area contributed by atoms with Crippen LogP contribution in [0.5, 0.6) is 0 Å². The van der Waals surface area contributed by atoms with Crippen LogP contribution in [0.15, 0.2) is 0 Å². The molecule has 0 spiro atoms. The van der Waals surface area contributed by atoms with E-state index in [2.05, 4.69) is 51.8 Å². The molecule has 0 amide bonds. The molecule has 0 aromatic heterocycles. The van der Waals surface area contributed by atoms with Crippen molar-refractivity contribution in [2.24, 2.45) is 10.8 Å². The fourth-order valence-corrected chi connectivity index (χ4v) is 4.66. The van der Waals surface area contributed by atoms with Crippen molar-refractivity contribution in [2.75, 3.05) is 32.8 Å². The summed E-state index contributed by atoms with van der Waals surface area (Å²) in [7, 11) is 0. The zero-order chi connectivity index (χ0) is 15.7. The number of nitrogens with one attached hydrogen (secondary N) is 1. The summed E-state index contributed by atoms with van der Waals surface area (Å²) in [5.41, 5.74) is 1.14. The second-order valence-electron chi connectivity index (χ2n) is 9.40. The van der Waals surface area contributed by atoms with Crippen LogP contribution in [0, 0.1) is 10.8 Å². The second kappa shape index (κ2) is 6.17. The summed E-state index contributed by atoms with van der Waals surface area (Å²) >= 11 is 0. The predicted octanol–water partition coefficient (Wildman–Crippen LogP) is 3.29. The van der Waals surface area contributed by atoms with Gasteiger partial charge in [0.25, 0.3) is 0 Å². The summed E-state index contributed by atoms with van der Waals surface area (Å²) in [4.78, 5) is 2.57. The molecule has 3 heteroatoms. The Hall–Kier alpha value is -0.120. The molecule has 0 aromatic rings. The van der Waals surface area contributed by atoms with E-state index >= 15 is 0 Å². The highest BCUT2D eigenvalue weighted by atomic mass is 16.5. The lowest BCUT2D eigenvalue weighted by molar-refractivity contribution is -0.0128. The Morgan fingerprint density at radius 1 is 1.05 bits per heavy atom. The molecule has 1 saturated heterocycles. The molecule has 1 aliphatic carbocycles. The van der Waals surface area contributed by atoms with Crippen LogP contribution in [0.4, 0.5) is 0 Å². The van der Waals surface area contributed by atoms with E-state index in [0.717, 1.165) is 32.8 Å². The third-order valence-corrected chi connectivity index (χ3v) is 5.25. The van der Waals surface area contributed by atoms with E-state index in [1.807, 2.05) is 0 Å². The minimum Gasteiger partial charge on any atom is -0.379 e. The van der Waals surface area contributed by atoms with Gasteiger partial charge >= 0.3 is 0 Å². The van der Waals surface area contributed by atoms with Crippen molar-refractivity contribution in [1.82, 2.24) is 10.2 Å². The molecule has 1 N–H and O–H groups in total. The van der Waals surface area contributed by atoms with Gasteiger partial charge < -0.3 is 10.1 Å². The zero-order valence-electron chi connectivity index (χ0n) is 15.1. The van der Waals surface area contributed by atoms with E-state index in [4.69, 9.17) is 4.74 Å². The van der Waals surface area contributed by atoms with Crippen LogP contribution < -0.4 is 5.32 Å². The predicted molar refractivity (Wildman–Crippen MR) is 89.7 cm³/mol. The fourth-order valence-electron chi connectivity index (χ4n) is 4.66. The van der Waals surface area contributed by atoms with Gasteiger partial charge in [-0.1, -0.05) is 27.7 Å². The Morgan fingerprint density at radius 3 is 2.10 bits per heavy atom. The first-order chi connectivity index (χ1) is 9.60. The molecule has 2 fully saturated rings. The molecule has 1 heterocycles. The SMILES string of the molecule is CC1(C)CC(NCC(C)(C)N2CCOCC2)CC(C)(C)C1. The van der Waals surface area contributed by atoms with E-state index in [9.17, 15) is 0 Å². The molecule has 124 valence electrons. The van der Waals surface area contributed by atoms with Crippen molar-refractivity contribution in [3.8, 4) is 0 Å². The van der Waals surface area contributed by atoms with Gasteiger partial charge in [0.05, 0.1) is 13.2 Å². The summed E-state index contributed by atoms with van der Waals surface area (Å²) in [5.74, 6) is 0. The molecule has 3 nitrogen and oxygen atoms in total. The van der Waals surface area contributed by atoms with Gasteiger partial charge in [-0.25, -0.2) is 0 Å². The lowest BCUT2D eigenvalue weighted by atomic mass is 9.63. The first kappa shape index (κ1) is 17.2. The molecular formula is C18H36N2O. The number of hydrogen-bond donors (Lipinski definition) is 1. The van der Waals surface area contributed by atoms with E-state index in [0.29, 0.717) is 16.9 Å². The van der Waals surface area contributed by atoms with Crippen molar-refractivity contribution >= 4 is 0 Å². The number of morpholine rings is 1. The molecule has 21 heavy (non-hydrogen) atoms. The Balaban J connectivity index is 1.89. The standard InChI is InChI=1S/C18H36N2O/c1-16(2)11-15(12-17(3,4)13-16)19-14-18(5,6)20-7-9-21-10-8-20/h15,19H,7-14H2,1-6H3. The minimum absolute atomic E-state index is 0.218. The first-order valence-corrected chi connectivity index (χ1v) is 8.66. The van der Waals surface area contributed by atoms with Crippen molar-refractivity contribution in [3.05, 3.63) is 0 Å². The molecule has 0 bridgehead atoms. The van der Waals surface area contributed by atoms with Crippen LogP contribution in [0.3, 0.4) is 0 Å².